The van der Waals surface area contributed by atoms with Gasteiger partial charge in [-0.25, -0.2) is 8.91 Å². The van der Waals surface area contributed by atoms with E-state index in [2.05, 4.69) is 10.1 Å². The first-order valence-corrected chi connectivity index (χ1v) is 8.41. The Bertz CT molecular complexity index is 1220. The second-order valence-corrected chi connectivity index (χ2v) is 6.28. The van der Waals surface area contributed by atoms with E-state index in [0.29, 0.717) is 11.1 Å². The summed E-state index contributed by atoms with van der Waals surface area (Å²) in [5, 5.41) is 4.32. The first kappa shape index (κ1) is 16.9. The van der Waals surface area contributed by atoms with Crippen molar-refractivity contribution >= 4 is 5.52 Å². The average molecular weight is 361 g/mol. The van der Waals surface area contributed by atoms with E-state index in [0.717, 1.165) is 16.7 Å². The number of rotatable bonds is 3. The SMILES string of the molecule is Cc1ccc(Oc2ccc3c(-c4ccccc4C)c(=O)ncn3n2)c(F)c1. The quantitative estimate of drug-likeness (QED) is 0.546. The molecule has 27 heavy (non-hydrogen) atoms. The van der Waals surface area contributed by atoms with Crippen LogP contribution in [-0.2, 0) is 0 Å². The van der Waals surface area contributed by atoms with Crippen LogP contribution in [0.1, 0.15) is 11.1 Å². The predicted molar refractivity (Wildman–Crippen MR) is 101 cm³/mol. The molecule has 2 aromatic carbocycles. The van der Waals surface area contributed by atoms with E-state index in [1.54, 1.807) is 31.2 Å². The van der Waals surface area contributed by atoms with Gasteiger partial charge in [0.1, 0.15) is 6.33 Å². The highest BCUT2D eigenvalue weighted by atomic mass is 19.1. The topological polar surface area (TPSA) is 56.5 Å². The van der Waals surface area contributed by atoms with E-state index >= 15 is 0 Å². The van der Waals surface area contributed by atoms with E-state index in [1.807, 2.05) is 31.2 Å². The summed E-state index contributed by atoms with van der Waals surface area (Å²) in [6.07, 6.45) is 1.33. The van der Waals surface area contributed by atoms with E-state index in [9.17, 15) is 9.18 Å². The summed E-state index contributed by atoms with van der Waals surface area (Å²) in [5.41, 5.74) is 3.30. The Kier molecular flexibility index (Phi) is 4.16. The summed E-state index contributed by atoms with van der Waals surface area (Å²) >= 11 is 0. The molecule has 134 valence electrons. The Morgan fingerprint density at radius 1 is 1.04 bits per heavy atom. The van der Waals surface area contributed by atoms with Crippen LogP contribution in [0.15, 0.2) is 65.7 Å². The molecule has 4 rings (SSSR count). The van der Waals surface area contributed by atoms with Crippen LogP contribution in [0.2, 0.25) is 0 Å². The lowest BCUT2D eigenvalue weighted by Gasteiger charge is -2.11. The Labute approximate surface area is 154 Å². The third-order valence-corrected chi connectivity index (χ3v) is 4.31. The molecule has 0 unspecified atom stereocenters. The van der Waals surface area contributed by atoms with Crippen LogP contribution >= 0.6 is 0 Å². The van der Waals surface area contributed by atoms with Crippen LogP contribution in [0.3, 0.4) is 0 Å². The molecule has 0 saturated carbocycles. The molecule has 2 aromatic heterocycles. The maximum absolute atomic E-state index is 14.0. The third kappa shape index (κ3) is 3.17. The summed E-state index contributed by atoms with van der Waals surface area (Å²) < 4.78 is 21.0. The van der Waals surface area contributed by atoms with Crippen LogP contribution in [0.4, 0.5) is 4.39 Å². The fourth-order valence-corrected chi connectivity index (χ4v) is 2.95. The summed E-state index contributed by atoms with van der Waals surface area (Å²) in [7, 11) is 0. The second kappa shape index (κ2) is 6.64. The number of hydrogen-bond acceptors (Lipinski definition) is 4. The van der Waals surface area contributed by atoms with Crippen LogP contribution in [-0.4, -0.2) is 14.6 Å². The number of ether oxygens (including phenoxy) is 1. The van der Waals surface area contributed by atoms with Crippen molar-refractivity contribution in [1.29, 1.82) is 0 Å². The number of aromatic nitrogens is 3. The summed E-state index contributed by atoms with van der Waals surface area (Å²) in [5.74, 6) is -0.178. The van der Waals surface area contributed by atoms with Gasteiger partial charge < -0.3 is 4.74 Å². The lowest BCUT2D eigenvalue weighted by atomic mass is 10.0. The maximum atomic E-state index is 14.0. The molecule has 0 bridgehead atoms. The molecule has 0 fully saturated rings. The van der Waals surface area contributed by atoms with Crippen molar-refractivity contribution in [2.75, 3.05) is 0 Å². The zero-order valence-corrected chi connectivity index (χ0v) is 14.8. The number of nitrogens with zero attached hydrogens (tertiary/aromatic N) is 3. The monoisotopic (exact) mass is 361 g/mol. The molecular weight excluding hydrogens is 345 g/mol. The molecule has 0 radical (unpaired) electrons. The predicted octanol–water partition coefficient (Wildman–Crippen LogP) is 4.30. The van der Waals surface area contributed by atoms with Crippen molar-refractivity contribution in [2.24, 2.45) is 0 Å². The molecule has 2 heterocycles. The van der Waals surface area contributed by atoms with Crippen molar-refractivity contribution in [1.82, 2.24) is 14.6 Å². The number of hydrogen-bond donors (Lipinski definition) is 0. The largest absolute Gasteiger partial charge is 0.435 e. The van der Waals surface area contributed by atoms with Crippen molar-refractivity contribution in [2.45, 2.75) is 13.8 Å². The molecule has 0 atom stereocenters. The van der Waals surface area contributed by atoms with Gasteiger partial charge >= 0.3 is 0 Å². The molecule has 0 spiro atoms. The van der Waals surface area contributed by atoms with Gasteiger partial charge in [-0.3, -0.25) is 4.79 Å². The van der Waals surface area contributed by atoms with Crippen LogP contribution in [0, 0.1) is 19.7 Å². The van der Waals surface area contributed by atoms with E-state index in [1.165, 1.54) is 16.9 Å². The van der Waals surface area contributed by atoms with Gasteiger partial charge in [-0.15, -0.1) is 5.10 Å². The molecule has 5 nitrogen and oxygen atoms in total. The highest BCUT2D eigenvalue weighted by molar-refractivity contribution is 5.80. The number of benzene rings is 2. The fourth-order valence-electron chi connectivity index (χ4n) is 2.95. The highest BCUT2D eigenvalue weighted by Gasteiger charge is 2.13. The Hall–Kier alpha value is -3.54. The average Bonchev–Trinajstić information content (AvgIpc) is 2.65. The van der Waals surface area contributed by atoms with Gasteiger partial charge in [-0.2, -0.15) is 4.98 Å². The first-order chi connectivity index (χ1) is 13.0. The standard InChI is InChI=1S/C21H16FN3O2/c1-13-7-9-18(16(22)11-13)27-19-10-8-17-20(15-6-4-3-5-14(15)2)21(26)23-12-25(17)24-19/h3-12H,1-2H3. The van der Waals surface area contributed by atoms with Crippen LogP contribution < -0.4 is 10.3 Å². The minimum absolute atomic E-state index is 0.0839. The number of fused-ring (bicyclic) bond motifs is 1. The zero-order valence-electron chi connectivity index (χ0n) is 14.8. The Morgan fingerprint density at radius 2 is 1.85 bits per heavy atom. The molecule has 0 aliphatic rings. The van der Waals surface area contributed by atoms with E-state index in [4.69, 9.17) is 4.74 Å². The van der Waals surface area contributed by atoms with Crippen molar-refractivity contribution in [3.8, 4) is 22.8 Å². The molecule has 0 N–H and O–H groups in total. The van der Waals surface area contributed by atoms with Crippen LogP contribution in [0.5, 0.6) is 11.6 Å². The summed E-state index contributed by atoms with van der Waals surface area (Å²) in [4.78, 5) is 16.3. The van der Waals surface area contributed by atoms with Gasteiger partial charge in [0.05, 0.1) is 11.1 Å². The van der Waals surface area contributed by atoms with Gasteiger partial charge in [0.2, 0.25) is 5.88 Å². The minimum atomic E-state index is -0.462. The zero-order chi connectivity index (χ0) is 19.0. The van der Waals surface area contributed by atoms with Crippen molar-refractivity contribution < 1.29 is 9.13 Å². The molecule has 0 amide bonds. The van der Waals surface area contributed by atoms with Crippen molar-refractivity contribution in [3.05, 3.63) is 88.2 Å². The van der Waals surface area contributed by atoms with E-state index in [-0.39, 0.29) is 17.2 Å². The van der Waals surface area contributed by atoms with Gasteiger partial charge in [-0.1, -0.05) is 30.3 Å². The van der Waals surface area contributed by atoms with Crippen molar-refractivity contribution in [3.63, 3.8) is 0 Å². The van der Waals surface area contributed by atoms with Gasteiger partial charge in [0.15, 0.2) is 11.6 Å². The molecule has 4 aromatic rings. The fraction of sp³-hybridized carbons (Fsp3) is 0.0952. The van der Waals surface area contributed by atoms with Gasteiger partial charge in [-0.05, 0) is 48.7 Å². The number of aryl methyl sites for hydroxylation is 2. The Morgan fingerprint density at radius 3 is 2.63 bits per heavy atom. The number of halogens is 1. The second-order valence-electron chi connectivity index (χ2n) is 6.28. The normalized spacial score (nSPS) is 10.9. The highest BCUT2D eigenvalue weighted by Crippen LogP contribution is 2.27. The van der Waals surface area contributed by atoms with Crippen LogP contribution in [0.25, 0.3) is 16.6 Å². The molecule has 6 heteroatoms. The van der Waals surface area contributed by atoms with Gasteiger partial charge in [0, 0.05) is 6.07 Å². The minimum Gasteiger partial charge on any atom is -0.435 e. The third-order valence-electron chi connectivity index (χ3n) is 4.31. The maximum Gasteiger partial charge on any atom is 0.281 e. The smallest absolute Gasteiger partial charge is 0.281 e. The molecule has 0 aliphatic heterocycles. The lowest BCUT2D eigenvalue weighted by Crippen LogP contribution is -2.14. The van der Waals surface area contributed by atoms with Gasteiger partial charge in [0.25, 0.3) is 5.56 Å². The lowest BCUT2D eigenvalue weighted by molar-refractivity contribution is 0.419. The Balaban J connectivity index is 1.82. The molecule has 0 aliphatic carbocycles. The summed E-state index contributed by atoms with van der Waals surface area (Å²) in [6, 6.07) is 15.6. The van der Waals surface area contributed by atoms with E-state index < -0.39 is 5.82 Å². The first-order valence-electron chi connectivity index (χ1n) is 8.41. The molecule has 0 saturated heterocycles. The molecular formula is C21H16FN3O2. The summed E-state index contributed by atoms with van der Waals surface area (Å²) in [6.45, 7) is 3.74.